The van der Waals surface area contributed by atoms with E-state index < -0.39 is 11.8 Å². The summed E-state index contributed by atoms with van der Waals surface area (Å²) in [6, 6.07) is 6.87. The number of aromatic amines is 1. The van der Waals surface area contributed by atoms with Crippen LogP contribution >= 0.6 is 11.6 Å². The molecule has 4 N–H and O–H groups in total. The lowest BCUT2D eigenvalue weighted by atomic mass is 9.93. The summed E-state index contributed by atoms with van der Waals surface area (Å²) < 4.78 is 29.1. The van der Waals surface area contributed by atoms with E-state index in [9.17, 15) is 8.78 Å². The molecule has 1 aromatic carbocycles. The molecule has 0 spiro atoms. The zero-order valence-corrected chi connectivity index (χ0v) is 18.3. The van der Waals surface area contributed by atoms with E-state index in [-0.39, 0.29) is 17.1 Å². The van der Waals surface area contributed by atoms with Gasteiger partial charge in [-0.25, -0.2) is 14.4 Å². The first-order valence-electron chi connectivity index (χ1n) is 10.5. The van der Waals surface area contributed by atoms with Gasteiger partial charge in [-0.15, -0.1) is 0 Å². The maximum absolute atomic E-state index is 14.7. The number of pyridine rings is 1. The second kappa shape index (κ2) is 8.18. The van der Waals surface area contributed by atoms with Crippen LogP contribution in [-0.2, 0) is 0 Å². The molecule has 0 saturated carbocycles. The Morgan fingerprint density at radius 1 is 1.22 bits per heavy atom. The van der Waals surface area contributed by atoms with E-state index in [1.54, 1.807) is 31.4 Å². The summed E-state index contributed by atoms with van der Waals surface area (Å²) >= 11 is 5.99. The van der Waals surface area contributed by atoms with Crippen molar-refractivity contribution in [3.63, 3.8) is 0 Å². The largest absolute Gasteiger partial charge is 0.398 e. The molecule has 3 aromatic rings. The Balaban J connectivity index is 1.38. The Labute approximate surface area is 189 Å². The van der Waals surface area contributed by atoms with Crippen molar-refractivity contribution in [3.8, 4) is 11.3 Å². The number of hydrogen-bond donors (Lipinski definition) is 3. The molecule has 5 rings (SSSR count). The normalized spacial score (nSPS) is 20.8. The number of aromatic nitrogens is 3. The van der Waals surface area contributed by atoms with Crippen LogP contribution in [0.3, 0.4) is 0 Å². The third-order valence-electron chi connectivity index (χ3n) is 6.40. The Bertz CT molecular complexity index is 1210. The minimum atomic E-state index is -0.553. The summed E-state index contributed by atoms with van der Waals surface area (Å²) in [6.07, 6.45) is 6.22. The maximum Gasteiger partial charge on any atom is 0.224 e. The maximum atomic E-state index is 14.7. The van der Waals surface area contributed by atoms with Gasteiger partial charge in [0.1, 0.15) is 11.6 Å². The molecule has 9 heteroatoms. The average molecular weight is 457 g/mol. The Morgan fingerprint density at radius 2 is 2.06 bits per heavy atom. The van der Waals surface area contributed by atoms with E-state index in [1.807, 2.05) is 6.08 Å². The van der Waals surface area contributed by atoms with Gasteiger partial charge in [-0.1, -0.05) is 17.7 Å². The summed E-state index contributed by atoms with van der Waals surface area (Å²) in [6.45, 7) is 0.652. The van der Waals surface area contributed by atoms with Gasteiger partial charge in [0.05, 0.1) is 28.5 Å². The van der Waals surface area contributed by atoms with Crippen LogP contribution in [0, 0.1) is 11.8 Å². The Kier molecular flexibility index (Phi) is 5.35. The molecular weight excluding hydrogens is 434 g/mol. The minimum Gasteiger partial charge on any atom is -0.398 e. The molecule has 6 nitrogen and oxygen atoms in total. The molecule has 2 aliphatic heterocycles. The van der Waals surface area contributed by atoms with Gasteiger partial charge in [0.15, 0.2) is 5.82 Å². The van der Waals surface area contributed by atoms with Gasteiger partial charge in [0.2, 0.25) is 5.95 Å². The third-order valence-corrected chi connectivity index (χ3v) is 6.69. The zero-order valence-electron chi connectivity index (χ0n) is 17.5. The van der Waals surface area contributed by atoms with Gasteiger partial charge in [-0.3, -0.25) is 4.90 Å². The van der Waals surface area contributed by atoms with Crippen LogP contribution in [-0.4, -0.2) is 39.5 Å². The van der Waals surface area contributed by atoms with Gasteiger partial charge in [-0.05, 0) is 49.1 Å². The SMILES string of the molecule is CNc1ccc(-c2cnc([C@@H]3CCC4CC(c5c(N)ccc(Cl)c5F)=CCN43)[nH]2)c(F)n1. The van der Waals surface area contributed by atoms with Gasteiger partial charge in [0.25, 0.3) is 0 Å². The van der Waals surface area contributed by atoms with Crippen molar-refractivity contribution in [2.75, 3.05) is 24.6 Å². The fourth-order valence-electron chi connectivity index (χ4n) is 4.79. The van der Waals surface area contributed by atoms with Crippen LogP contribution in [0.5, 0.6) is 0 Å². The lowest BCUT2D eigenvalue weighted by molar-refractivity contribution is 0.205. The number of nitrogens with two attached hydrogens (primary N) is 1. The number of nitrogens with zero attached hydrogens (tertiary/aromatic N) is 3. The topological polar surface area (TPSA) is 82.9 Å². The van der Waals surface area contributed by atoms with Crippen LogP contribution in [0.2, 0.25) is 5.02 Å². The number of hydrogen-bond acceptors (Lipinski definition) is 5. The highest BCUT2D eigenvalue weighted by Gasteiger charge is 2.38. The highest BCUT2D eigenvalue weighted by Crippen LogP contribution is 2.43. The molecule has 1 fully saturated rings. The van der Waals surface area contributed by atoms with Crippen molar-refractivity contribution in [2.45, 2.75) is 31.3 Å². The molecule has 1 unspecified atom stereocenters. The van der Waals surface area contributed by atoms with Crippen molar-refractivity contribution in [3.05, 3.63) is 64.7 Å². The van der Waals surface area contributed by atoms with Crippen LogP contribution in [0.1, 0.15) is 36.7 Å². The number of H-pyrrole nitrogens is 1. The molecule has 166 valence electrons. The first kappa shape index (κ1) is 20.9. The number of nitrogen functional groups attached to an aromatic ring is 1. The van der Waals surface area contributed by atoms with E-state index in [1.165, 1.54) is 6.07 Å². The minimum absolute atomic E-state index is 0.0782. The molecule has 0 aliphatic carbocycles. The molecule has 0 bridgehead atoms. The zero-order chi connectivity index (χ0) is 22.4. The summed E-state index contributed by atoms with van der Waals surface area (Å²) in [4.78, 5) is 14.1. The smallest absolute Gasteiger partial charge is 0.224 e. The summed E-state index contributed by atoms with van der Waals surface area (Å²) in [7, 11) is 1.69. The van der Waals surface area contributed by atoms with Gasteiger partial charge >= 0.3 is 0 Å². The summed E-state index contributed by atoms with van der Waals surface area (Å²) in [5.74, 6) is 0.252. The number of nitrogens with one attached hydrogen (secondary N) is 2. The fraction of sp³-hybridized carbons (Fsp3) is 0.304. The van der Waals surface area contributed by atoms with Crippen molar-refractivity contribution >= 4 is 28.7 Å². The third kappa shape index (κ3) is 3.53. The van der Waals surface area contributed by atoms with E-state index in [2.05, 4.69) is 25.2 Å². The van der Waals surface area contributed by atoms with E-state index in [4.69, 9.17) is 17.3 Å². The van der Waals surface area contributed by atoms with E-state index >= 15 is 0 Å². The molecule has 4 heterocycles. The molecule has 1 saturated heterocycles. The quantitative estimate of drug-likeness (QED) is 0.379. The van der Waals surface area contributed by atoms with Gasteiger partial charge < -0.3 is 16.0 Å². The molecular formula is C23H23ClF2N6. The van der Waals surface area contributed by atoms with Crippen LogP contribution < -0.4 is 11.1 Å². The number of anilines is 2. The standard InChI is InChI=1S/C23H23ClF2N6/c1-28-19-7-3-14(22(26)31-19)17-11-29-23(30-17)18-6-2-13-10-12(8-9-32(13)18)20-16(27)5-4-15(24)21(20)25/h3-5,7-8,11,13,18H,2,6,9-10,27H2,1H3,(H,28,31)(H,29,30)/t13?,18-/m0/s1. The molecule has 32 heavy (non-hydrogen) atoms. The monoisotopic (exact) mass is 456 g/mol. The molecule has 2 aromatic heterocycles. The van der Waals surface area contributed by atoms with Crippen molar-refractivity contribution in [1.82, 2.24) is 19.9 Å². The lowest BCUT2D eigenvalue weighted by Gasteiger charge is -2.33. The predicted octanol–water partition coefficient (Wildman–Crippen LogP) is 5.02. The first-order chi connectivity index (χ1) is 15.5. The van der Waals surface area contributed by atoms with Crippen LogP contribution in [0.4, 0.5) is 20.3 Å². The highest BCUT2D eigenvalue weighted by molar-refractivity contribution is 6.31. The number of imidazole rings is 1. The second-order valence-corrected chi connectivity index (χ2v) is 8.58. The number of rotatable bonds is 4. The Morgan fingerprint density at radius 3 is 2.84 bits per heavy atom. The van der Waals surface area contributed by atoms with Crippen molar-refractivity contribution < 1.29 is 8.78 Å². The first-order valence-corrected chi connectivity index (χ1v) is 10.9. The number of benzene rings is 1. The second-order valence-electron chi connectivity index (χ2n) is 8.17. The predicted molar refractivity (Wildman–Crippen MR) is 122 cm³/mol. The fourth-order valence-corrected chi connectivity index (χ4v) is 4.95. The number of fused-ring (bicyclic) bond motifs is 1. The van der Waals surface area contributed by atoms with Gasteiger partial charge in [0, 0.05) is 30.9 Å². The molecule has 2 aliphatic rings. The van der Waals surface area contributed by atoms with E-state index in [0.717, 1.165) is 24.2 Å². The van der Waals surface area contributed by atoms with E-state index in [0.29, 0.717) is 41.3 Å². The van der Waals surface area contributed by atoms with Gasteiger partial charge in [-0.2, -0.15) is 4.39 Å². The van der Waals surface area contributed by atoms with Crippen LogP contribution in [0.25, 0.3) is 16.8 Å². The lowest BCUT2D eigenvalue weighted by Crippen LogP contribution is -2.35. The molecule has 2 atom stereocenters. The number of halogens is 3. The van der Waals surface area contributed by atoms with Crippen LogP contribution in [0.15, 0.2) is 36.5 Å². The van der Waals surface area contributed by atoms with Crippen molar-refractivity contribution in [1.29, 1.82) is 0 Å². The highest BCUT2D eigenvalue weighted by atomic mass is 35.5. The van der Waals surface area contributed by atoms with Crippen molar-refractivity contribution in [2.24, 2.45) is 0 Å². The molecule has 0 radical (unpaired) electrons. The summed E-state index contributed by atoms with van der Waals surface area (Å²) in [5, 5.41) is 2.90. The molecule has 0 amide bonds. The Hall–Kier alpha value is -2.97. The average Bonchev–Trinajstić information content (AvgIpc) is 3.43. The summed E-state index contributed by atoms with van der Waals surface area (Å²) in [5.41, 5.74) is 8.73.